The maximum Gasteiger partial charge on any atom is 0.387 e. The standard InChI is InChI=1S/C15H12B5F2NO2/c16-14(17,18)23(15(19,20)24)8-7-10-4-1-3-9-5-2-6-11(12(9)10)25-13(21)22/h1-6,13,24H,7-8H2. The van der Waals surface area contributed by atoms with Crippen molar-refractivity contribution >= 4 is 50.0 Å². The molecule has 10 heteroatoms. The zero-order chi connectivity index (χ0) is 18.8. The van der Waals surface area contributed by atoms with Gasteiger partial charge < -0.3 is 14.7 Å². The number of hydrogen-bond donors (Lipinski definition) is 1. The van der Waals surface area contributed by atoms with Crippen molar-refractivity contribution in [1.29, 1.82) is 0 Å². The average Bonchev–Trinajstić information content (AvgIpc) is 2.44. The smallest absolute Gasteiger partial charge is 0.387 e. The fourth-order valence-corrected chi connectivity index (χ4v) is 2.70. The van der Waals surface area contributed by atoms with E-state index in [1.807, 2.05) is 0 Å². The van der Waals surface area contributed by atoms with Gasteiger partial charge in [-0.1, -0.05) is 35.6 Å². The highest BCUT2D eigenvalue weighted by Crippen LogP contribution is 2.31. The molecule has 10 radical (unpaired) electrons. The molecular weight excluding hydrogens is 318 g/mol. The first-order valence-electron chi connectivity index (χ1n) is 7.40. The number of rotatable bonds is 7. The minimum atomic E-state index is -2.96. The van der Waals surface area contributed by atoms with Crippen molar-refractivity contribution in [2.75, 3.05) is 6.54 Å². The molecule has 2 aromatic carbocycles. The van der Waals surface area contributed by atoms with Crippen LogP contribution in [-0.2, 0) is 6.42 Å². The topological polar surface area (TPSA) is 32.7 Å². The summed E-state index contributed by atoms with van der Waals surface area (Å²) in [5.41, 5.74) is -1.71. The molecule has 0 spiro atoms. The Hall–Kier alpha value is -1.40. The van der Waals surface area contributed by atoms with Crippen molar-refractivity contribution < 1.29 is 18.6 Å². The van der Waals surface area contributed by atoms with Crippen molar-refractivity contribution in [2.45, 2.75) is 23.8 Å². The average molecular weight is 330 g/mol. The van der Waals surface area contributed by atoms with Crippen molar-refractivity contribution in [3.63, 3.8) is 0 Å². The predicted molar refractivity (Wildman–Crippen MR) is 97.4 cm³/mol. The van der Waals surface area contributed by atoms with E-state index in [1.54, 1.807) is 30.3 Å². The van der Waals surface area contributed by atoms with Crippen molar-refractivity contribution in [2.24, 2.45) is 0 Å². The molecule has 0 atom stereocenters. The zero-order valence-corrected chi connectivity index (χ0v) is 13.4. The Morgan fingerprint density at radius 3 is 2.16 bits per heavy atom. The minimum Gasteiger partial charge on any atom is -0.434 e. The van der Waals surface area contributed by atoms with E-state index in [1.165, 1.54) is 6.07 Å². The lowest BCUT2D eigenvalue weighted by Crippen LogP contribution is -2.63. The SMILES string of the molecule is [B]C([B])([B])N(CCc1cccc2cccc(OC(F)F)c12)C([B])([B])O. The Labute approximate surface area is 152 Å². The predicted octanol–water partition coefficient (Wildman–Crippen LogP) is 0.343. The second-order valence-corrected chi connectivity index (χ2v) is 5.72. The summed E-state index contributed by atoms with van der Waals surface area (Å²) in [6.07, 6.45) is 0.213. The van der Waals surface area contributed by atoms with Crippen LogP contribution in [0.3, 0.4) is 0 Å². The highest BCUT2D eigenvalue weighted by molar-refractivity contribution is 6.59. The quantitative estimate of drug-likeness (QED) is 0.587. The number of aliphatic hydroxyl groups is 1. The largest absolute Gasteiger partial charge is 0.434 e. The minimum absolute atomic E-state index is 0.0323. The number of ether oxygens (including phenoxy) is 1. The zero-order valence-electron chi connectivity index (χ0n) is 13.4. The van der Waals surface area contributed by atoms with E-state index in [0.29, 0.717) is 16.3 Å². The lowest BCUT2D eigenvalue weighted by atomic mass is 9.46. The van der Waals surface area contributed by atoms with Gasteiger partial charge in [0.05, 0.1) is 23.5 Å². The number of benzene rings is 2. The van der Waals surface area contributed by atoms with E-state index < -0.39 is 17.4 Å². The molecule has 0 aliphatic rings. The van der Waals surface area contributed by atoms with Crippen molar-refractivity contribution in [3.05, 3.63) is 42.0 Å². The molecule has 0 aliphatic heterocycles. The van der Waals surface area contributed by atoms with Crippen molar-refractivity contribution in [1.82, 2.24) is 4.90 Å². The highest BCUT2D eigenvalue weighted by Gasteiger charge is 2.30. The molecule has 1 N–H and O–H groups in total. The third kappa shape index (κ3) is 5.05. The summed E-state index contributed by atoms with van der Waals surface area (Å²) in [7, 11) is 27.6. The molecule has 0 fully saturated rings. The molecule has 0 aromatic heterocycles. The van der Waals surface area contributed by atoms with Gasteiger partial charge in [-0.15, -0.1) is 0 Å². The molecule has 0 aliphatic carbocycles. The summed E-state index contributed by atoms with van der Waals surface area (Å²) >= 11 is 0. The molecule has 0 saturated carbocycles. The monoisotopic (exact) mass is 331 g/mol. The summed E-state index contributed by atoms with van der Waals surface area (Å²) in [4.78, 5) is 0.884. The van der Waals surface area contributed by atoms with Crippen LogP contribution < -0.4 is 4.74 Å². The van der Waals surface area contributed by atoms with Crippen LogP contribution in [0.5, 0.6) is 5.75 Å². The van der Waals surface area contributed by atoms with E-state index >= 15 is 0 Å². The van der Waals surface area contributed by atoms with E-state index in [-0.39, 0.29) is 18.7 Å². The second kappa shape index (κ2) is 7.46. The summed E-state index contributed by atoms with van der Waals surface area (Å²) in [5, 5.41) is 9.02. The van der Waals surface area contributed by atoms with E-state index in [4.69, 9.17) is 39.2 Å². The third-order valence-corrected chi connectivity index (χ3v) is 3.67. The summed E-state index contributed by atoms with van der Waals surface area (Å²) in [5.74, 6) is 0.0323. The van der Waals surface area contributed by atoms with Crippen molar-refractivity contribution in [3.8, 4) is 5.75 Å². The lowest BCUT2D eigenvalue weighted by molar-refractivity contribution is -0.0488. The summed E-state index contributed by atoms with van der Waals surface area (Å²) < 4.78 is 29.9. The molecular formula is C15H12B5F2NO2. The second-order valence-electron chi connectivity index (χ2n) is 5.72. The van der Waals surface area contributed by atoms with Crippen LogP contribution in [0.4, 0.5) is 8.78 Å². The normalized spacial score (nSPS) is 12.8. The van der Waals surface area contributed by atoms with Crippen LogP contribution in [0.1, 0.15) is 5.56 Å². The van der Waals surface area contributed by atoms with Gasteiger partial charge >= 0.3 is 6.61 Å². The third-order valence-electron chi connectivity index (χ3n) is 3.67. The first-order valence-corrected chi connectivity index (χ1v) is 7.40. The summed E-state index contributed by atoms with van der Waals surface area (Å²) in [6.45, 7) is -2.99. The van der Waals surface area contributed by atoms with Gasteiger partial charge in [0, 0.05) is 17.5 Å². The van der Waals surface area contributed by atoms with Crippen LogP contribution in [-0.4, -0.2) is 73.2 Å². The van der Waals surface area contributed by atoms with E-state index in [2.05, 4.69) is 4.74 Å². The number of hydrogen-bond acceptors (Lipinski definition) is 3. The van der Waals surface area contributed by atoms with Gasteiger partial charge in [0.1, 0.15) is 21.4 Å². The Morgan fingerprint density at radius 1 is 1.04 bits per heavy atom. The van der Waals surface area contributed by atoms with Crippen LogP contribution in [0.15, 0.2) is 36.4 Å². The first-order chi connectivity index (χ1) is 11.5. The number of alkyl halides is 2. The van der Waals surface area contributed by atoms with Gasteiger partial charge in [-0.3, -0.25) is 0 Å². The van der Waals surface area contributed by atoms with Crippen LogP contribution in [0.2, 0.25) is 0 Å². The molecule has 0 bridgehead atoms. The molecule has 2 rings (SSSR count). The molecule has 25 heavy (non-hydrogen) atoms. The van der Waals surface area contributed by atoms with E-state index in [0.717, 1.165) is 4.90 Å². The van der Waals surface area contributed by atoms with Crippen LogP contribution >= 0.6 is 0 Å². The fourth-order valence-electron chi connectivity index (χ4n) is 2.70. The maximum absolute atomic E-state index is 12.7. The Morgan fingerprint density at radius 2 is 1.64 bits per heavy atom. The molecule has 0 unspecified atom stereocenters. The number of nitrogens with zero attached hydrogens (tertiary/aromatic N) is 1. The first kappa shape index (κ1) is 19.9. The molecule has 0 amide bonds. The maximum atomic E-state index is 12.7. The molecule has 0 saturated heterocycles. The van der Waals surface area contributed by atoms with Gasteiger partial charge in [-0.25, -0.2) is 0 Å². The highest BCUT2D eigenvalue weighted by atomic mass is 19.3. The fraction of sp³-hybridized carbons (Fsp3) is 0.333. The van der Waals surface area contributed by atoms with Crippen LogP contribution in [0.25, 0.3) is 10.8 Å². The number of halogens is 2. The van der Waals surface area contributed by atoms with Gasteiger partial charge in [0.2, 0.25) is 0 Å². The molecule has 118 valence electrons. The lowest BCUT2D eigenvalue weighted by Gasteiger charge is -2.47. The van der Waals surface area contributed by atoms with Gasteiger partial charge in [-0.2, -0.15) is 8.78 Å². The molecule has 3 nitrogen and oxygen atoms in total. The van der Waals surface area contributed by atoms with Crippen LogP contribution in [0, 0.1) is 0 Å². The molecule has 2 aromatic rings. The van der Waals surface area contributed by atoms with Gasteiger partial charge in [0.15, 0.2) is 0 Å². The Balaban J connectivity index is 2.38. The van der Waals surface area contributed by atoms with E-state index in [9.17, 15) is 13.9 Å². The molecule has 0 heterocycles. The Kier molecular flexibility index (Phi) is 5.95. The van der Waals surface area contributed by atoms with Gasteiger partial charge in [-0.05, 0) is 23.4 Å². The Bertz CT molecular complexity index is 715. The summed E-state index contributed by atoms with van der Waals surface area (Å²) in [6, 6.07) is 10.0. The van der Waals surface area contributed by atoms with Gasteiger partial charge in [0.25, 0.3) is 0 Å². The number of fused-ring (bicyclic) bond motifs is 1.